The van der Waals surface area contributed by atoms with E-state index in [1.54, 1.807) is 0 Å². The standard InChI is InChI=1S/C14H10ClNO2/c1-18-13(17)8-4-6-11-9-10-5-2-3-7-12(10)16-14(11)15/h2-3,5,7,9H,8H2,1H3. The number of hydrogen-bond acceptors (Lipinski definition) is 3. The zero-order chi connectivity index (χ0) is 13.0. The Labute approximate surface area is 110 Å². The van der Waals surface area contributed by atoms with Crippen LogP contribution in [0.1, 0.15) is 12.0 Å². The lowest BCUT2D eigenvalue weighted by molar-refractivity contribution is -0.139. The van der Waals surface area contributed by atoms with E-state index in [1.807, 2.05) is 30.3 Å². The Balaban J connectivity index is 2.33. The maximum Gasteiger partial charge on any atom is 0.317 e. The number of benzene rings is 1. The fraction of sp³-hybridized carbons (Fsp3) is 0.143. The highest BCUT2D eigenvalue weighted by molar-refractivity contribution is 6.31. The molecule has 0 spiro atoms. The first-order chi connectivity index (χ1) is 8.70. The van der Waals surface area contributed by atoms with Crippen molar-refractivity contribution in [2.45, 2.75) is 6.42 Å². The third-order valence-electron chi connectivity index (χ3n) is 2.36. The van der Waals surface area contributed by atoms with Crippen LogP contribution in [0.2, 0.25) is 5.15 Å². The van der Waals surface area contributed by atoms with Crippen LogP contribution in [0.25, 0.3) is 10.9 Å². The number of methoxy groups -OCH3 is 1. The Morgan fingerprint density at radius 1 is 1.44 bits per heavy atom. The van der Waals surface area contributed by atoms with Crippen molar-refractivity contribution in [3.05, 3.63) is 41.0 Å². The van der Waals surface area contributed by atoms with Crippen LogP contribution in [-0.2, 0) is 9.53 Å². The maximum absolute atomic E-state index is 10.9. The van der Waals surface area contributed by atoms with Crippen molar-refractivity contribution < 1.29 is 9.53 Å². The van der Waals surface area contributed by atoms with Crippen LogP contribution in [0.3, 0.4) is 0 Å². The normalized spacial score (nSPS) is 9.67. The summed E-state index contributed by atoms with van der Waals surface area (Å²) in [5.41, 5.74) is 1.43. The van der Waals surface area contributed by atoms with Gasteiger partial charge in [-0.3, -0.25) is 4.79 Å². The molecule has 3 nitrogen and oxygen atoms in total. The number of aromatic nitrogens is 1. The third kappa shape index (κ3) is 2.79. The molecule has 2 aromatic rings. The van der Waals surface area contributed by atoms with Gasteiger partial charge in [0.25, 0.3) is 0 Å². The summed E-state index contributed by atoms with van der Waals surface area (Å²) in [4.78, 5) is 15.2. The van der Waals surface area contributed by atoms with Crippen molar-refractivity contribution in [1.29, 1.82) is 0 Å². The summed E-state index contributed by atoms with van der Waals surface area (Å²) in [5, 5.41) is 1.30. The predicted molar refractivity (Wildman–Crippen MR) is 70.3 cm³/mol. The van der Waals surface area contributed by atoms with Crippen LogP contribution in [0, 0.1) is 11.8 Å². The molecule has 1 aromatic heterocycles. The van der Waals surface area contributed by atoms with E-state index in [-0.39, 0.29) is 12.4 Å². The number of halogens is 1. The van der Waals surface area contributed by atoms with Gasteiger partial charge in [0.1, 0.15) is 11.6 Å². The fourth-order valence-corrected chi connectivity index (χ4v) is 1.66. The summed E-state index contributed by atoms with van der Waals surface area (Å²) >= 11 is 6.02. The van der Waals surface area contributed by atoms with Gasteiger partial charge in [0.05, 0.1) is 18.2 Å². The first-order valence-corrected chi connectivity index (χ1v) is 5.69. The van der Waals surface area contributed by atoms with Crippen molar-refractivity contribution in [3.63, 3.8) is 0 Å². The van der Waals surface area contributed by atoms with E-state index >= 15 is 0 Å². The van der Waals surface area contributed by atoms with Gasteiger partial charge in [-0.15, -0.1) is 0 Å². The molecule has 90 valence electrons. The molecule has 0 bridgehead atoms. The molecule has 2 rings (SSSR count). The van der Waals surface area contributed by atoms with Gasteiger partial charge in [-0.1, -0.05) is 41.6 Å². The highest BCUT2D eigenvalue weighted by Crippen LogP contribution is 2.19. The van der Waals surface area contributed by atoms with Crippen LogP contribution < -0.4 is 0 Å². The number of fused-ring (bicyclic) bond motifs is 1. The zero-order valence-electron chi connectivity index (χ0n) is 9.74. The highest BCUT2D eigenvalue weighted by atomic mass is 35.5. The Morgan fingerprint density at radius 2 is 2.22 bits per heavy atom. The summed E-state index contributed by atoms with van der Waals surface area (Å²) < 4.78 is 4.50. The summed E-state index contributed by atoms with van der Waals surface area (Å²) in [5.74, 6) is 5.17. The van der Waals surface area contributed by atoms with E-state index in [4.69, 9.17) is 11.6 Å². The van der Waals surface area contributed by atoms with Crippen LogP contribution in [0.4, 0.5) is 0 Å². The second-order valence-corrected chi connectivity index (χ2v) is 3.93. The summed E-state index contributed by atoms with van der Waals surface area (Å²) in [6, 6.07) is 9.49. The van der Waals surface area contributed by atoms with Gasteiger partial charge in [-0.2, -0.15) is 0 Å². The molecular weight excluding hydrogens is 250 g/mol. The molecule has 0 fully saturated rings. The Kier molecular flexibility index (Phi) is 3.81. The van der Waals surface area contributed by atoms with E-state index in [9.17, 15) is 4.79 Å². The second kappa shape index (κ2) is 5.52. The molecule has 1 heterocycles. The topological polar surface area (TPSA) is 39.2 Å². The largest absolute Gasteiger partial charge is 0.468 e. The fourth-order valence-electron chi connectivity index (χ4n) is 1.46. The molecular formula is C14H10ClNO2. The summed E-state index contributed by atoms with van der Waals surface area (Å²) in [6.07, 6.45) is 0.0413. The van der Waals surface area contributed by atoms with Crippen molar-refractivity contribution in [2.24, 2.45) is 0 Å². The Morgan fingerprint density at radius 3 is 3.00 bits per heavy atom. The quantitative estimate of drug-likeness (QED) is 0.449. The van der Waals surface area contributed by atoms with E-state index in [0.717, 1.165) is 10.9 Å². The average Bonchev–Trinajstić information content (AvgIpc) is 2.39. The van der Waals surface area contributed by atoms with Gasteiger partial charge in [0, 0.05) is 5.39 Å². The number of pyridine rings is 1. The molecule has 0 saturated heterocycles. The number of rotatable bonds is 1. The molecule has 0 N–H and O–H groups in total. The molecule has 0 saturated carbocycles. The number of ether oxygens (including phenoxy) is 1. The van der Waals surface area contributed by atoms with Crippen LogP contribution in [0.5, 0.6) is 0 Å². The van der Waals surface area contributed by atoms with Crippen molar-refractivity contribution >= 4 is 28.5 Å². The molecule has 0 unspecified atom stereocenters. The van der Waals surface area contributed by atoms with Gasteiger partial charge in [0.2, 0.25) is 0 Å². The summed E-state index contributed by atoms with van der Waals surface area (Å²) in [6.45, 7) is 0. The monoisotopic (exact) mass is 259 g/mol. The van der Waals surface area contributed by atoms with E-state index < -0.39 is 0 Å². The van der Waals surface area contributed by atoms with Gasteiger partial charge >= 0.3 is 5.97 Å². The Hall–Kier alpha value is -2.05. The minimum Gasteiger partial charge on any atom is -0.468 e. The smallest absolute Gasteiger partial charge is 0.317 e. The van der Waals surface area contributed by atoms with Crippen molar-refractivity contribution in [2.75, 3.05) is 7.11 Å². The number of esters is 1. The van der Waals surface area contributed by atoms with Crippen LogP contribution in [0.15, 0.2) is 30.3 Å². The molecule has 0 aliphatic heterocycles. The number of carbonyl (C=O) groups is 1. The summed E-state index contributed by atoms with van der Waals surface area (Å²) in [7, 11) is 1.33. The van der Waals surface area contributed by atoms with Crippen molar-refractivity contribution in [3.8, 4) is 11.8 Å². The molecule has 4 heteroatoms. The molecule has 18 heavy (non-hydrogen) atoms. The number of hydrogen-bond donors (Lipinski definition) is 0. The predicted octanol–water partition coefficient (Wildman–Crippen LogP) is 2.80. The lowest BCUT2D eigenvalue weighted by Crippen LogP contribution is -1.97. The first-order valence-electron chi connectivity index (χ1n) is 5.31. The van der Waals surface area contributed by atoms with Crippen LogP contribution in [-0.4, -0.2) is 18.1 Å². The van der Waals surface area contributed by atoms with Gasteiger partial charge in [-0.25, -0.2) is 4.98 Å². The van der Waals surface area contributed by atoms with Crippen molar-refractivity contribution in [1.82, 2.24) is 4.98 Å². The number of para-hydroxylation sites is 1. The van der Waals surface area contributed by atoms with E-state index in [1.165, 1.54) is 7.11 Å². The molecule has 0 aliphatic rings. The molecule has 1 aromatic carbocycles. The van der Waals surface area contributed by atoms with Gasteiger partial charge < -0.3 is 4.74 Å². The second-order valence-electron chi connectivity index (χ2n) is 3.57. The lowest BCUT2D eigenvalue weighted by Gasteiger charge is -1.99. The Bertz CT molecular complexity index is 656. The maximum atomic E-state index is 10.9. The highest BCUT2D eigenvalue weighted by Gasteiger charge is 2.02. The number of carbonyl (C=O) groups excluding carboxylic acids is 1. The lowest BCUT2D eigenvalue weighted by atomic mass is 10.1. The van der Waals surface area contributed by atoms with E-state index in [2.05, 4.69) is 21.6 Å². The number of nitrogens with zero attached hydrogens (tertiary/aromatic N) is 1. The SMILES string of the molecule is COC(=O)CC#Cc1cc2ccccc2nc1Cl. The van der Waals surface area contributed by atoms with Gasteiger partial charge in [-0.05, 0) is 12.1 Å². The zero-order valence-corrected chi connectivity index (χ0v) is 10.5. The minimum atomic E-state index is -0.368. The first kappa shape index (κ1) is 12.4. The molecule has 0 aliphatic carbocycles. The van der Waals surface area contributed by atoms with E-state index in [0.29, 0.717) is 10.7 Å². The average molecular weight is 260 g/mol. The molecule has 0 amide bonds. The van der Waals surface area contributed by atoms with Gasteiger partial charge in [0.15, 0.2) is 0 Å². The third-order valence-corrected chi connectivity index (χ3v) is 2.65. The molecule has 0 radical (unpaired) electrons. The minimum absolute atomic E-state index is 0.0413. The molecule has 0 atom stereocenters. The van der Waals surface area contributed by atoms with Crippen LogP contribution >= 0.6 is 11.6 Å².